The van der Waals surface area contributed by atoms with Crippen molar-refractivity contribution in [3.05, 3.63) is 0 Å². The smallest absolute Gasteiger partial charge is 0.309 e. The van der Waals surface area contributed by atoms with Crippen molar-refractivity contribution in [2.24, 2.45) is 10.8 Å². The van der Waals surface area contributed by atoms with Crippen LogP contribution >= 0.6 is 0 Å². The lowest BCUT2D eigenvalue weighted by atomic mass is 9.68. The van der Waals surface area contributed by atoms with Crippen LogP contribution in [0.25, 0.3) is 0 Å². The Balaban J connectivity index is 2.15. The van der Waals surface area contributed by atoms with E-state index in [1.54, 1.807) is 13.8 Å². The van der Waals surface area contributed by atoms with Crippen LogP contribution in [0.1, 0.15) is 47.0 Å². The number of hydrogen-bond donors (Lipinski definition) is 2. The van der Waals surface area contributed by atoms with E-state index in [4.69, 9.17) is 5.11 Å². The number of nitrogens with one attached hydrogen (secondary N) is 1. The molecule has 3 heteroatoms. The lowest BCUT2D eigenvalue weighted by molar-refractivity contribution is -0.147. The molecule has 0 saturated heterocycles. The molecule has 0 aromatic heterocycles. The van der Waals surface area contributed by atoms with Gasteiger partial charge in [0.15, 0.2) is 0 Å². The van der Waals surface area contributed by atoms with Crippen LogP contribution in [0, 0.1) is 10.8 Å². The average molecular weight is 213 g/mol. The predicted octanol–water partition coefficient (Wildman–Crippen LogP) is 2.27. The van der Waals surface area contributed by atoms with Gasteiger partial charge in [0.05, 0.1) is 5.41 Å². The third kappa shape index (κ3) is 3.49. The molecule has 1 aliphatic carbocycles. The Hall–Kier alpha value is -0.570. The molecule has 0 atom stereocenters. The van der Waals surface area contributed by atoms with E-state index in [-0.39, 0.29) is 0 Å². The largest absolute Gasteiger partial charge is 0.481 e. The molecule has 0 heterocycles. The lowest BCUT2D eigenvalue weighted by Gasteiger charge is -2.43. The van der Waals surface area contributed by atoms with Crippen molar-refractivity contribution in [2.45, 2.75) is 53.0 Å². The van der Waals surface area contributed by atoms with Crippen LogP contribution < -0.4 is 5.32 Å². The van der Waals surface area contributed by atoms with E-state index >= 15 is 0 Å². The summed E-state index contributed by atoms with van der Waals surface area (Å²) in [6, 6.07) is 0.601. The molecule has 0 amide bonds. The van der Waals surface area contributed by atoms with Crippen molar-refractivity contribution < 1.29 is 9.90 Å². The molecule has 15 heavy (non-hydrogen) atoms. The fourth-order valence-corrected chi connectivity index (χ4v) is 2.11. The van der Waals surface area contributed by atoms with Crippen molar-refractivity contribution in [2.75, 3.05) is 6.54 Å². The van der Waals surface area contributed by atoms with Gasteiger partial charge in [-0.2, -0.15) is 0 Å². The van der Waals surface area contributed by atoms with Gasteiger partial charge in [-0.15, -0.1) is 0 Å². The maximum absolute atomic E-state index is 10.9. The Bertz CT molecular complexity index is 238. The first-order chi connectivity index (χ1) is 6.73. The van der Waals surface area contributed by atoms with Crippen LogP contribution in [0.3, 0.4) is 0 Å². The molecule has 2 N–H and O–H groups in total. The van der Waals surface area contributed by atoms with Crippen LogP contribution in [0.2, 0.25) is 0 Å². The maximum atomic E-state index is 10.9. The van der Waals surface area contributed by atoms with E-state index < -0.39 is 11.4 Å². The summed E-state index contributed by atoms with van der Waals surface area (Å²) in [5.74, 6) is -0.710. The molecule has 0 aromatic carbocycles. The Labute approximate surface area is 92.3 Å². The summed E-state index contributed by atoms with van der Waals surface area (Å²) < 4.78 is 0. The monoisotopic (exact) mass is 213 g/mol. The quantitative estimate of drug-likeness (QED) is 0.736. The van der Waals surface area contributed by atoms with E-state index in [0.717, 1.165) is 6.54 Å². The fourth-order valence-electron chi connectivity index (χ4n) is 2.11. The SMILES string of the molecule is CC1(C)CC(NCCC(C)(C)C(=O)O)C1. The molecule has 1 fully saturated rings. The van der Waals surface area contributed by atoms with E-state index in [9.17, 15) is 4.79 Å². The van der Waals surface area contributed by atoms with Crippen LogP contribution in [0.5, 0.6) is 0 Å². The molecule has 1 rings (SSSR count). The van der Waals surface area contributed by atoms with Gasteiger partial charge in [0, 0.05) is 6.04 Å². The third-order valence-electron chi connectivity index (χ3n) is 3.36. The molecule has 3 nitrogen and oxygen atoms in total. The highest BCUT2D eigenvalue weighted by Crippen LogP contribution is 2.39. The van der Waals surface area contributed by atoms with Crippen molar-refractivity contribution >= 4 is 5.97 Å². The maximum Gasteiger partial charge on any atom is 0.309 e. The number of aliphatic carboxylic acids is 1. The molecule has 0 aliphatic heterocycles. The molecule has 0 radical (unpaired) electrons. The minimum absolute atomic E-state index is 0.486. The van der Waals surface area contributed by atoms with Crippen molar-refractivity contribution in [3.8, 4) is 0 Å². The summed E-state index contributed by atoms with van der Waals surface area (Å²) in [6.07, 6.45) is 3.11. The number of hydrogen-bond acceptors (Lipinski definition) is 2. The Kier molecular flexibility index (Phi) is 3.44. The Morgan fingerprint density at radius 1 is 1.47 bits per heavy atom. The number of carboxylic acid groups (broad SMARTS) is 1. The first-order valence-corrected chi connectivity index (χ1v) is 5.70. The summed E-state index contributed by atoms with van der Waals surface area (Å²) in [5.41, 5.74) is -0.119. The molecule has 88 valence electrons. The predicted molar refractivity (Wildman–Crippen MR) is 60.8 cm³/mol. The van der Waals surface area contributed by atoms with Gasteiger partial charge in [0.25, 0.3) is 0 Å². The molecule has 1 aliphatic rings. The van der Waals surface area contributed by atoms with Crippen LogP contribution in [0.4, 0.5) is 0 Å². The van der Waals surface area contributed by atoms with Crippen molar-refractivity contribution in [3.63, 3.8) is 0 Å². The van der Waals surface area contributed by atoms with Gasteiger partial charge in [-0.05, 0) is 45.1 Å². The van der Waals surface area contributed by atoms with Gasteiger partial charge >= 0.3 is 5.97 Å². The molecule has 1 saturated carbocycles. The molecular weight excluding hydrogens is 190 g/mol. The second-order valence-corrected chi connectivity index (χ2v) is 6.16. The zero-order chi connectivity index (χ0) is 11.7. The normalized spacial score (nSPS) is 21.1. The van der Waals surface area contributed by atoms with Gasteiger partial charge in [-0.1, -0.05) is 13.8 Å². The van der Waals surface area contributed by atoms with E-state index in [2.05, 4.69) is 19.2 Å². The second-order valence-electron chi connectivity index (χ2n) is 6.16. The summed E-state index contributed by atoms with van der Waals surface area (Å²) in [4.78, 5) is 10.9. The highest BCUT2D eigenvalue weighted by molar-refractivity contribution is 5.73. The first kappa shape index (κ1) is 12.5. The Morgan fingerprint density at radius 2 is 2.00 bits per heavy atom. The minimum atomic E-state index is -0.710. The first-order valence-electron chi connectivity index (χ1n) is 5.70. The standard InChI is InChI=1S/C12H23NO2/c1-11(2)7-9(8-11)13-6-5-12(3,4)10(14)15/h9,13H,5-8H2,1-4H3,(H,14,15). The van der Waals surface area contributed by atoms with Crippen LogP contribution in [0.15, 0.2) is 0 Å². The Morgan fingerprint density at radius 3 is 2.40 bits per heavy atom. The van der Waals surface area contributed by atoms with Crippen molar-refractivity contribution in [1.29, 1.82) is 0 Å². The van der Waals surface area contributed by atoms with Crippen LogP contribution in [-0.4, -0.2) is 23.7 Å². The highest BCUT2D eigenvalue weighted by atomic mass is 16.4. The van der Waals surface area contributed by atoms with Gasteiger partial charge < -0.3 is 10.4 Å². The molecule has 0 unspecified atom stereocenters. The van der Waals surface area contributed by atoms with Gasteiger partial charge in [0.1, 0.15) is 0 Å². The third-order valence-corrected chi connectivity index (χ3v) is 3.36. The molecule has 0 bridgehead atoms. The minimum Gasteiger partial charge on any atom is -0.481 e. The average Bonchev–Trinajstić information content (AvgIpc) is 2.00. The topological polar surface area (TPSA) is 49.3 Å². The molecule has 0 spiro atoms. The van der Waals surface area contributed by atoms with Gasteiger partial charge in [-0.25, -0.2) is 0 Å². The van der Waals surface area contributed by atoms with Crippen molar-refractivity contribution in [1.82, 2.24) is 5.32 Å². The molecule has 0 aromatic rings. The second kappa shape index (κ2) is 4.12. The van der Waals surface area contributed by atoms with E-state index in [1.807, 2.05) is 0 Å². The molecular formula is C12H23NO2. The number of carboxylic acids is 1. The van der Waals surface area contributed by atoms with E-state index in [0.29, 0.717) is 17.9 Å². The number of rotatable bonds is 5. The lowest BCUT2D eigenvalue weighted by Crippen LogP contribution is -2.47. The van der Waals surface area contributed by atoms with E-state index in [1.165, 1.54) is 12.8 Å². The summed E-state index contributed by atoms with van der Waals surface area (Å²) in [7, 11) is 0. The summed E-state index contributed by atoms with van der Waals surface area (Å²) in [5, 5.41) is 12.4. The zero-order valence-corrected chi connectivity index (χ0v) is 10.3. The summed E-state index contributed by atoms with van der Waals surface area (Å²) >= 11 is 0. The fraction of sp³-hybridized carbons (Fsp3) is 0.917. The summed E-state index contributed by atoms with van der Waals surface area (Å²) in [6.45, 7) is 8.90. The van der Waals surface area contributed by atoms with Gasteiger partial charge in [-0.3, -0.25) is 4.79 Å². The highest BCUT2D eigenvalue weighted by Gasteiger charge is 2.36. The van der Waals surface area contributed by atoms with Crippen LogP contribution in [-0.2, 0) is 4.79 Å². The zero-order valence-electron chi connectivity index (χ0n) is 10.3. The number of carbonyl (C=O) groups is 1. The van der Waals surface area contributed by atoms with Gasteiger partial charge in [0.2, 0.25) is 0 Å².